The number of rotatable bonds is 35. The van der Waals surface area contributed by atoms with E-state index in [-0.39, 0.29) is 19.4 Å². The minimum atomic E-state index is -4.82. The zero-order valence-corrected chi connectivity index (χ0v) is 33.5. The summed E-state index contributed by atoms with van der Waals surface area (Å²) in [5, 5.41) is 20.0. The van der Waals surface area contributed by atoms with Crippen LogP contribution in [0.25, 0.3) is 0 Å². The molecule has 0 rings (SSSR count). The van der Waals surface area contributed by atoms with E-state index in [2.05, 4.69) is 25.3 Å². The van der Waals surface area contributed by atoms with E-state index in [0.29, 0.717) is 25.7 Å². The van der Waals surface area contributed by atoms with Crippen molar-refractivity contribution in [1.29, 1.82) is 0 Å². The van der Waals surface area contributed by atoms with E-state index in [1.807, 2.05) is 30.4 Å². The van der Waals surface area contributed by atoms with Crippen molar-refractivity contribution in [2.45, 2.75) is 180 Å². The quantitative estimate of drug-likeness (QED) is 0.0212. The van der Waals surface area contributed by atoms with E-state index >= 15 is 0 Å². The summed E-state index contributed by atoms with van der Waals surface area (Å²) in [4.78, 5) is 42.8. The minimum Gasteiger partial charge on any atom is -0.462 e. The SMILES string of the molecule is CCCCC[C@@H](O)/C=C/C=C\C/C=C\C=C\[C@@H](O)CCCC(=O)O[C@H](COC(=O)CCCCCCCCCCCCCCC(C)C)COP(=O)(O)O. The lowest BCUT2D eigenvalue weighted by atomic mass is 10.0. The van der Waals surface area contributed by atoms with Crippen molar-refractivity contribution in [1.82, 2.24) is 0 Å². The average molecular weight is 757 g/mol. The molecule has 10 nitrogen and oxygen atoms in total. The smallest absolute Gasteiger partial charge is 0.462 e. The van der Waals surface area contributed by atoms with Gasteiger partial charge < -0.3 is 29.5 Å². The fraction of sp³-hybridized carbons (Fsp3) is 0.756. The molecule has 0 fully saturated rings. The third-order valence-corrected chi connectivity index (χ3v) is 8.97. The Labute approximate surface area is 315 Å². The molecule has 0 aromatic heterocycles. The molecule has 302 valence electrons. The zero-order chi connectivity index (χ0) is 38.7. The van der Waals surface area contributed by atoms with Crippen molar-refractivity contribution < 1.29 is 48.2 Å². The first kappa shape index (κ1) is 49.9. The number of aliphatic hydroxyl groups is 2. The predicted molar refractivity (Wildman–Crippen MR) is 209 cm³/mol. The molecule has 0 spiro atoms. The number of ether oxygens (including phenoxy) is 2. The highest BCUT2D eigenvalue weighted by Gasteiger charge is 2.23. The summed E-state index contributed by atoms with van der Waals surface area (Å²) in [6.45, 7) is 5.71. The summed E-state index contributed by atoms with van der Waals surface area (Å²) in [6.07, 6.45) is 33.4. The van der Waals surface area contributed by atoms with Gasteiger partial charge in [0.1, 0.15) is 6.61 Å². The van der Waals surface area contributed by atoms with Crippen LogP contribution in [0.1, 0.15) is 162 Å². The summed E-state index contributed by atoms with van der Waals surface area (Å²) in [7, 11) is -4.82. The number of aliphatic hydroxyl groups excluding tert-OH is 2. The number of allylic oxidation sites excluding steroid dienone is 6. The van der Waals surface area contributed by atoms with Crippen LogP contribution in [0.15, 0.2) is 48.6 Å². The van der Waals surface area contributed by atoms with Gasteiger partial charge >= 0.3 is 19.8 Å². The number of unbranched alkanes of at least 4 members (excludes halogenated alkanes) is 13. The van der Waals surface area contributed by atoms with E-state index < -0.39 is 44.7 Å². The number of phosphoric ester groups is 1. The fourth-order valence-electron chi connectivity index (χ4n) is 5.42. The molecule has 0 heterocycles. The van der Waals surface area contributed by atoms with Gasteiger partial charge in [0.05, 0.1) is 18.8 Å². The molecule has 0 aliphatic carbocycles. The van der Waals surface area contributed by atoms with Crippen LogP contribution in [0.2, 0.25) is 0 Å². The number of phosphoric acid groups is 1. The van der Waals surface area contributed by atoms with Gasteiger partial charge in [-0.1, -0.05) is 166 Å². The Kier molecular flexibility index (Phi) is 33.3. The maximum Gasteiger partial charge on any atom is 0.469 e. The molecule has 0 amide bonds. The first-order valence-electron chi connectivity index (χ1n) is 20.0. The van der Waals surface area contributed by atoms with Crippen molar-refractivity contribution >= 4 is 19.8 Å². The average Bonchev–Trinajstić information content (AvgIpc) is 3.08. The van der Waals surface area contributed by atoms with Gasteiger partial charge in [-0.3, -0.25) is 14.1 Å². The van der Waals surface area contributed by atoms with E-state index in [1.165, 1.54) is 57.8 Å². The van der Waals surface area contributed by atoms with Crippen LogP contribution in [0.5, 0.6) is 0 Å². The lowest BCUT2D eigenvalue weighted by Crippen LogP contribution is -2.29. The molecule has 0 unspecified atom stereocenters. The maximum atomic E-state index is 12.4. The van der Waals surface area contributed by atoms with Crippen molar-refractivity contribution in [3.63, 3.8) is 0 Å². The van der Waals surface area contributed by atoms with E-state index in [4.69, 9.17) is 19.3 Å². The second kappa shape index (κ2) is 34.7. The van der Waals surface area contributed by atoms with Crippen LogP contribution < -0.4 is 0 Å². The first-order chi connectivity index (χ1) is 24.9. The summed E-state index contributed by atoms with van der Waals surface area (Å²) in [6, 6.07) is 0. The second-order valence-electron chi connectivity index (χ2n) is 14.1. The van der Waals surface area contributed by atoms with Crippen molar-refractivity contribution in [2.75, 3.05) is 13.2 Å². The fourth-order valence-corrected chi connectivity index (χ4v) is 5.78. The highest BCUT2D eigenvalue weighted by molar-refractivity contribution is 7.46. The van der Waals surface area contributed by atoms with Crippen molar-refractivity contribution in [2.24, 2.45) is 5.92 Å². The Balaban J connectivity index is 4.20. The van der Waals surface area contributed by atoms with E-state index in [1.54, 1.807) is 18.2 Å². The third kappa shape index (κ3) is 37.7. The molecule has 0 aliphatic rings. The monoisotopic (exact) mass is 756 g/mol. The normalized spacial score (nSPS) is 14.3. The van der Waals surface area contributed by atoms with Gasteiger partial charge in [0.25, 0.3) is 0 Å². The molecular formula is C41H73O10P. The predicted octanol–water partition coefficient (Wildman–Crippen LogP) is 9.76. The first-order valence-corrected chi connectivity index (χ1v) is 21.5. The molecule has 4 N–H and O–H groups in total. The summed E-state index contributed by atoms with van der Waals surface area (Å²) >= 11 is 0. The topological polar surface area (TPSA) is 160 Å². The number of carbonyl (C=O) groups excluding carboxylic acids is 2. The molecule has 0 bridgehead atoms. The highest BCUT2D eigenvalue weighted by atomic mass is 31.2. The minimum absolute atomic E-state index is 0.0366. The Morgan fingerprint density at radius 3 is 1.62 bits per heavy atom. The molecule has 0 aliphatic heterocycles. The Morgan fingerprint density at radius 1 is 0.615 bits per heavy atom. The second-order valence-corrected chi connectivity index (χ2v) is 15.4. The van der Waals surface area contributed by atoms with Crippen LogP contribution >= 0.6 is 7.82 Å². The lowest BCUT2D eigenvalue weighted by molar-refractivity contribution is -0.161. The molecule has 0 aromatic carbocycles. The summed E-state index contributed by atoms with van der Waals surface area (Å²) in [5.74, 6) is -0.308. The van der Waals surface area contributed by atoms with Gasteiger partial charge in [-0.2, -0.15) is 0 Å². The van der Waals surface area contributed by atoms with Crippen LogP contribution in [0.3, 0.4) is 0 Å². The molecule has 11 heteroatoms. The molecule has 0 saturated carbocycles. The van der Waals surface area contributed by atoms with Gasteiger partial charge in [-0.15, -0.1) is 0 Å². The number of esters is 2. The third-order valence-electron chi connectivity index (χ3n) is 8.49. The van der Waals surface area contributed by atoms with Gasteiger partial charge in [-0.05, 0) is 38.0 Å². The maximum absolute atomic E-state index is 12.4. The number of hydrogen-bond acceptors (Lipinski definition) is 8. The Bertz CT molecular complexity index is 1030. The molecule has 52 heavy (non-hydrogen) atoms. The summed E-state index contributed by atoms with van der Waals surface area (Å²) in [5.41, 5.74) is 0. The number of carbonyl (C=O) groups is 2. The van der Waals surface area contributed by atoms with Crippen LogP contribution in [-0.4, -0.2) is 63.5 Å². The molecular weight excluding hydrogens is 683 g/mol. The lowest BCUT2D eigenvalue weighted by Gasteiger charge is -2.18. The van der Waals surface area contributed by atoms with Gasteiger partial charge in [0.2, 0.25) is 0 Å². The summed E-state index contributed by atoms with van der Waals surface area (Å²) < 4.78 is 26.2. The molecule has 0 aromatic rings. The molecule has 0 radical (unpaired) electrons. The Morgan fingerprint density at radius 2 is 1.10 bits per heavy atom. The van der Waals surface area contributed by atoms with Crippen LogP contribution in [0, 0.1) is 5.92 Å². The standard InChI is InChI=1S/C41H73O10P/c1-4-5-21-28-37(42)29-23-18-14-12-15-19-24-30-38(43)31-26-33-41(45)51-39(35-50-52(46,47)48)34-49-40(44)32-25-20-16-11-9-7-6-8-10-13-17-22-27-36(2)3/h14-15,18-19,23-24,29-30,36-39,42-43H,4-13,16-17,20-22,25-28,31-35H2,1-3H3,(H2,46,47,48)/b18-14-,19-15-,29-23+,30-24+/t37-,38-,39-/m1/s1. The van der Waals surface area contributed by atoms with E-state index in [9.17, 15) is 24.4 Å². The van der Waals surface area contributed by atoms with E-state index in [0.717, 1.165) is 50.9 Å². The van der Waals surface area contributed by atoms with Crippen molar-refractivity contribution in [3.8, 4) is 0 Å². The van der Waals surface area contributed by atoms with Crippen LogP contribution in [0.4, 0.5) is 0 Å². The van der Waals surface area contributed by atoms with Crippen LogP contribution in [-0.2, 0) is 28.2 Å². The van der Waals surface area contributed by atoms with Gasteiger partial charge in [0.15, 0.2) is 6.10 Å². The largest absolute Gasteiger partial charge is 0.469 e. The van der Waals surface area contributed by atoms with Gasteiger partial charge in [0, 0.05) is 12.8 Å². The zero-order valence-electron chi connectivity index (χ0n) is 32.6. The Hall–Kier alpha value is -2.07. The molecule has 3 atom stereocenters. The molecule has 0 saturated heterocycles. The van der Waals surface area contributed by atoms with Gasteiger partial charge in [-0.25, -0.2) is 4.57 Å². The number of hydrogen-bond donors (Lipinski definition) is 4. The highest BCUT2D eigenvalue weighted by Crippen LogP contribution is 2.36. The van der Waals surface area contributed by atoms with Crippen molar-refractivity contribution in [3.05, 3.63) is 48.6 Å².